The second-order valence-electron chi connectivity index (χ2n) is 5.41. The molecule has 0 atom stereocenters. The lowest BCUT2D eigenvalue weighted by Gasteiger charge is -2.07. The number of halogens is 1. The highest BCUT2D eigenvalue weighted by Crippen LogP contribution is 2.21. The monoisotopic (exact) mass is 373 g/mol. The lowest BCUT2D eigenvalue weighted by molar-refractivity contribution is 0.102. The SMILES string of the molecule is Cc1cc(NC(=O)c2ccc(CSc3n[nH]c(N)n3)cc2)ccc1Cl. The molecule has 0 saturated heterocycles. The van der Waals surface area contributed by atoms with E-state index in [1.165, 1.54) is 11.8 Å². The molecule has 3 aromatic rings. The lowest BCUT2D eigenvalue weighted by atomic mass is 10.1. The molecular weight excluding hydrogens is 358 g/mol. The molecule has 0 radical (unpaired) electrons. The van der Waals surface area contributed by atoms with Crippen LogP contribution in [-0.2, 0) is 5.75 Å². The first-order valence-corrected chi connectivity index (χ1v) is 8.85. The topological polar surface area (TPSA) is 96.7 Å². The van der Waals surface area contributed by atoms with Gasteiger partial charge in [-0.05, 0) is 48.4 Å². The van der Waals surface area contributed by atoms with E-state index in [-0.39, 0.29) is 5.91 Å². The number of nitrogens with two attached hydrogens (primary N) is 1. The number of nitrogens with zero attached hydrogens (tertiary/aromatic N) is 2. The van der Waals surface area contributed by atoms with Gasteiger partial charge < -0.3 is 11.1 Å². The zero-order valence-electron chi connectivity index (χ0n) is 13.4. The summed E-state index contributed by atoms with van der Waals surface area (Å²) >= 11 is 7.46. The van der Waals surface area contributed by atoms with Crippen LogP contribution in [0, 0.1) is 6.92 Å². The molecule has 0 saturated carbocycles. The number of hydrogen-bond donors (Lipinski definition) is 3. The number of nitrogen functional groups attached to an aromatic ring is 1. The third kappa shape index (κ3) is 4.52. The molecule has 0 aliphatic carbocycles. The van der Waals surface area contributed by atoms with E-state index in [1.807, 2.05) is 25.1 Å². The normalized spacial score (nSPS) is 10.6. The third-order valence-electron chi connectivity index (χ3n) is 3.48. The van der Waals surface area contributed by atoms with Crippen LogP contribution in [0.25, 0.3) is 0 Å². The number of nitrogens with one attached hydrogen (secondary N) is 2. The number of benzene rings is 2. The number of H-pyrrole nitrogens is 1. The summed E-state index contributed by atoms with van der Waals surface area (Å²) in [7, 11) is 0. The number of anilines is 2. The van der Waals surface area contributed by atoms with Crippen LogP contribution in [-0.4, -0.2) is 21.1 Å². The summed E-state index contributed by atoms with van der Waals surface area (Å²) in [4.78, 5) is 16.3. The van der Waals surface area contributed by atoms with Crippen molar-refractivity contribution < 1.29 is 4.79 Å². The molecule has 0 aliphatic rings. The fourth-order valence-electron chi connectivity index (χ4n) is 2.15. The molecule has 8 heteroatoms. The van der Waals surface area contributed by atoms with E-state index in [4.69, 9.17) is 17.3 Å². The summed E-state index contributed by atoms with van der Waals surface area (Å²) < 4.78 is 0. The molecule has 0 bridgehead atoms. The number of rotatable bonds is 5. The van der Waals surface area contributed by atoms with Gasteiger partial charge in [-0.3, -0.25) is 4.79 Å². The molecule has 2 aromatic carbocycles. The van der Waals surface area contributed by atoms with Gasteiger partial charge in [-0.15, -0.1) is 5.10 Å². The standard InChI is InChI=1S/C17H16ClN5OS/c1-10-8-13(6-7-14(10)18)20-15(24)12-4-2-11(3-5-12)9-25-17-21-16(19)22-23-17/h2-8H,9H2,1H3,(H,20,24)(H3,19,21,22,23). The molecule has 25 heavy (non-hydrogen) atoms. The van der Waals surface area contributed by atoms with Gasteiger partial charge in [0.05, 0.1) is 0 Å². The molecule has 1 amide bonds. The molecule has 1 aromatic heterocycles. The van der Waals surface area contributed by atoms with Crippen LogP contribution >= 0.6 is 23.4 Å². The van der Waals surface area contributed by atoms with Gasteiger partial charge in [0, 0.05) is 22.0 Å². The van der Waals surface area contributed by atoms with Crippen molar-refractivity contribution in [1.82, 2.24) is 15.2 Å². The predicted molar refractivity (Wildman–Crippen MR) is 101 cm³/mol. The maximum Gasteiger partial charge on any atom is 0.255 e. The van der Waals surface area contributed by atoms with Crippen LogP contribution in [0.4, 0.5) is 11.6 Å². The minimum absolute atomic E-state index is 0.164. The highest BCUT2D eigenvalue weighted by atomic mass is 35.5. The van der Waals surface area contributed by atoms with Gasteiger partial charge in [0.15, 0.2) is 0 Å². The highest BCUT2D eigenvalue weighted by molar-refractivity contribution is 7.98. The quantitative estimate of drug-likeness (QED) is 0.589. The van der Waals surface area contributed by atoms with E-state index in [0.717, 1.165) is 11.1 Å². The maximum atomic E-state index is 12.3. The molecule has 0 spiro atoms. The number of thioether (sulfide) groups is 1. The number of aromatic nitrogens is 3. The Labute approximate surface area is 154 Å². The first-order chi connectivity index (χ1) is 12.0. The Morgan fingerprint density at radius 1 is 1.28 bits per heavy atom. The Kier molecular flexibility index (Phi) is 5.25. The first kappa shape index (κ1) is 17.3. The number of aromatic amines is 1. The van der Waals surface area contributed by atoms with Crippen LogP contribution < -0.4 is 11.1 Å². The highest BCUT2D eigenvalue weighted by Gasteiger charge is 2.08. The van der Waals surface area contributed by atoms with Crippen LogP contribution in [0.5, 0.6) is 0 Å². The van der Waals surface area contributed by atoms with Crippen LogP contribution in [0.3, 0.4) is 0 Å². The molecule has 1 heterocycles. The number of aryl methyl sites for hydroxylation is 1. The van der Waals surface area contributed by atoms with Gasteiger partial charge in [-0.1, -0.05) is 35.5 Å². The lowest BCUT2D eigenvalue weighted by Crippen LogP contribution is -2.11. The number of carbonyl (C=O) groups excluding carboxylic acids is 1. The average molecular weight is 374 g/mol. The summed E-state index contributed by atoms with van der Waals surface area (Å²) in [6.07, 6.45) is 0. The summed E-state index contributed by atoms with van der Waals surface area (Å²) in [6, 6.07) is 12.8. The van der Waals surface area contributed by atoms with Crippen molar-refractivity contribution in [2.24, 2.45) is 0 Å². The molecule has 3 rings (SSSR count). The number of carbonyl (C=O) groups is 1. The predicted octanol–water partition coefficient (Wildman–Crippen LogP) is 3.89. The molecular formula is C17H16ClN5OS. The van der Waals surface area contributed by atoms with Gasteiger partial charge >= 0.3 is 0 Å². The van der Waals surface area contributed by atoms with Crippen molar-refractivity contribution in [2.75, 3.05) is 11.1 Å². The summed E-state index contributed by atoms with van der Waals surface area (Å²) in [5, 5.41) is 10.7. The molecule has 0 fully saturated rings. The second-order valence-corrected chi connectivity index (χ2v) is 6.76. The molecule has 0 aliphatic heterocycles. The molecule has 0 unspecified atom stereocenters. The van der Waals surface area contributed by atoms with Gasteiger partial charge in [0.1, 0.15) is 0 Å². The van der Waals surface area contributed by atoms with Crippen molar-refractivity contribution in [1.29, 1.82) is 0 Å². The van der Waals surface area contributed by atoms with Crippen molar-refractivity contribution in [3.05, 3.63) is 64.2 Å². The third-order valence-corrected chi connectivity index (χ3v) is 4.82. The smallest absolute Gasteiger partial charge is 0.255 e. The van der Waals surface area contributed by atoms with Gasteiger partial charge in [0.25, 0.3) is 5.91 Å². The minimum atomic E-state index is -0.164. The van der Waals surface area contributed by atoms with E-state index < -0.39 is 0 Å². The Morgan fingerprint density at radius 2 is 2.04 bits per heavy atom. The van der Waals surface area contributed by atoms with Crippen LogP contribution in [0.2, 0.25) is 5.02 Å². The summed E-state index contributed by atoms with van der Waals surface area (Å²) in [6.45, 7) is 1.90. The molecule has 128 valence electrons. The van der Waals surface area contributed by atoms with Crippen molar-refractivity contribution >= 4 is 40.9 Å². The fraction of sp³-hybridized carbons (Fsp3) is 0.118. The molecule has 4 N–H and O–H groups in total. The fourth-order valence-corrected chi connectivity index (χ4v) is 3.03. The van der Waals surface area contributed by atoms with E-state index in [1.54, 1.807) is 24.3 Å². The van der Waals surface area contributed by atoms with Gasteiger partial charge in [-0.25, -0.2) is 5.10 Å². The summed E-state index contributed by atoms with van der Waals surface area (Å²) in [5.74, 6) is 0.824. The Hall–Kier alpha value is -2.51. The average Bonchev–Trinajstić information content (AvgIpc) is 3.02. The first-order valence-electron chi connectivity index (χ1n) is 7.48. The summed E-state index contributed by atoms with van der Waals surface area (Å²) in [5.41, 5.74) is 8.77. The van der Waals surface area contributed by atoms with E-state index >= 15 is 0 Å². The van der Waals surface area contributed by atoms with Crippen LogP contribution in [0.1, 0.15) is 21.5 Å². The van der Waals surface area contributed by atoms with Crippen molar-refractivity contribution in [3.63, 3.8) is 0 Å². The number of hydrogen-bond acceptors (Lipinski definition) is 5. The minimum Gasteiger partial charge on any atom is -0.368 e. The van der Waals surface area contributed by atoms with Crippen molar-refractivity contribution in [3.8, 4) is 0 Å². The molecule has 6 nitrogen and oxygen atoms in total. The van der Waals surface area contributed by atoms with E-state index in [9.17, 15) is 4.79 Å². The van der Waals surface area contributed by atoms with Crippen molar-refractivity contribution in [2.45, 2.75) is 17.8 Å². The zero-order valence-corrected chi connectivity index (χ0v) is 15.0. The van der Waals surface area contributed by atoms with E-state index in [2.05, 4.69) is 20.5 Å². The van der Waals surface area contributed by atoms with Crippen LogP contribution in [0.15, 0.2) is 47.6 Å². The second kappa shape index (κ2) is 7.58. The van der Waals surface area contributed by atoms with E-state index in [0.29, 0.717) is 33.1 Å². The largest absolute Gasteiger partial charge is 0.368 e. The Morgan fingerprint density at radius 3 is 2.68 bits per heavy atom. The van der Waals surface area contributed by atoms with Gasteiger partial charge in [0.2, 0.25) is 11.1 Å². The zero-order chi connectivity index (χ0) is 17.8. The van der Waals surface area contributed by atoms with Gasteiger partial charge in [-0.2, -0.15) is 4.98 Å². The Bertz CT molecular complexity index is 894. The number of amides is 1. The maximum absolute atomic E-state index is 12.3. The Balaban J connectivity index is 1.60.